The quantitative estimate of drug-likeness (QED) is 0.769. The number of benzene rings is 1. The number of rotatable bonds is 6. The van der Waals surface area contributed by atoms with Crippen molar-refractivity contribution in [2.45, 2.75) is 44.8 Å². The summed E-state index contributed by atoms with van der Waals surface area (Å²) in [7, 11) is 1.61. The van der Waals surface area contributed by atoms with Gasteiger partial charge in [-0.25, -0.2) is 0 Å². The molecular weight excluding hydrogens is 348 g/mol. The zero-order valence-corrected chi connectivity index (χ0v) is 15.4. The normalized spacial score (nSPS) is 20.3. The molecule has 2 heterocycles. The highest BCUT2D eigenvalue weighted by atomic mass is 16.5. The molecular formula is C19H22N4O4. The fourth-order valence-electron chi connectivity index (χ4n) is 3.24. The first-order valence-corrected chi connectivity index (χ1v) is 9.09. The van der Waals surface area contributed by atoms with E-state index < -0.39 is 6.04 Å². The van der Waals surface area contributed by atoms with E-state index >= 15 is 0 Å². The summed E-state index contributed by atoms with van der Waals surface area (Å²) in [6, 6.07) is 6.90. The number of hydrogen-bond donors (Lipinski definition) is 0. The minimum Gasteiger partial charge on any atom is -0.497 e. The molecule has 2 amide bonds. The van der Waals surface area contributed by atoms with E-state index in [1.54, 1.807) is 18.9 Å². The van der Waals surface area contributed by atoms with E-state index in [4.69, 9.17) is 9.26 Å². The van der Waals surface area contributed by atoms with Crippen LogP contribution in [0.25, 0.3) is 0 Å². The number of methoxy groups -OCH3 is 1. The maximum atomic E-state index is 12.8. The lowest BCUT2D eigenvalue weighted by atomic mass is 10.1. The van der Waals surface area contributed by atoms with Crippen molar-refractivity contribution in [2.75, 3.05) is 13.7 Å². The smallest absolute Gasteiger partial charge is 0.246 e. The Morgan fingerprint density at radius 2 is 1.93 bits per heavy atom. The Balaban J connectivity index is 1.42. The standard InChI is InChI=1S/C19H22N4O4/c1-12-19(25)22(9-13-3-7-15(26-2)8-4-13)11-17(24)23(12)10-16-20-18(21-27-16)14-5-6-14/h3-4,7-8,12,14H,5-6,9-11H2,1-2H3/t12-/m0/s1. The summed E-state index contributed by atoms with van der Waals surface area (Å²) in [4.78, 5) is 32.8. The number of amides is 2. The fourth-order valence-corrected chi connectivity index (χ4v) is 3.24. The van der Waals surface area contributed by atoms with Crippen LogP contribution in [-0.2, 0) is 22.7 Å². The van der Waals surface area contributed by atoms with E-state index in [0.717, 1.165) is 24.2 Å². The Bertz CT molecular complexity index is 844. The van der Waals surface area contributed by atoms with Crippen molar-refractivity contribution >= 4 is 11.8 Å². The van der Waals surface area contributed by atoms with Crippen LogP contribution in [0.2, 0.25) is 0 Å². The zero-order valence-electron chi connectivity index (χ0n) is 15.4. The Hall–Kier alpha value is -2.90. The Kier molecular flexibility index (Phi) is 4.55. The first kappa shape index (κ1) is 17.5. The zero-order chi connectivity index (χ0) is 19.0. The second kappa shape index (κ2) is 7.02. The average molecular weight is 370 g/mol. The van der Waals surface area contributed by atoms with Crippen LogP contribution in [0.5, 0.6) is 5.75 Å². The molecule has 4 rings (SSSR count). The van der Waals surface area contributed by atoms with Gasteiger partial charge in [0.2, 0.25) is 17.7 Å². The van der Waals surface area contributed by atoms with Gasteiger partial charge in [0.05, 0.1) is 7.11 Å². The highest BCUT2D eigenvalue weighted by molar-refractivity contribution is 5.94. The van der Waals surface area contributed by atoms with Crippen molar-refractivity contribution in [2.24, 2.45) is 0 Å². The summed E-state index contributed by atoms with van der Waals surface area (Å²) in [5.74, 6) is 2.01. The molecule has 1 atom stereocenters. The largest absolute Gasteiger partial charge is 0.497 e. The van der Waals surface area contributed by atoms with Gasteiger partial charge in [0.15, 0.2) is 5.82 Å². The van der Waals surface area contributed by atoms with Gasteiger partial charge in [0, 0.05) is 12.5 Å². The lowest BCUT2D eigenvalue weighted by Crippen LogP contribution is -2.58. The molecule has 0 N–H and O–H groups in total. The SMILES string of the molecule is COc1ccc(CN2CC(=O)N(Cc3nc(C4CC4)no3)[C@@H](C)C2=O)cc1. The first-order chi connectivity index (χ1) is 13.0. The van der Waals surface area contributed by atoms with E-state index in [1.807, 2.05) is 24.3 Å². The second-order valence-corrected chi connectivity index (χ2v) is 7.06. The summed E-state index contributed by atoms with van der Waals surface area (Å²) in [6.07, 6.45) is 2.16. The van der Waals surface area contributed by atoms with E-state index in [-0.39, 0.29) is 24.9 Å². The van der Waals surface area contributed by atoms with Crippen LogP contribution in [-0.4, -0.2) is 51.5 Å². The molecule has 0 radical (unpaired) electrons. The molecule has 8 nitrogen and oxygen atoms in total. The third-order valence-electron chi connectivity index (χ3n) is 5.05. The molecule has 8 heteroatoms. The molecule has 27 heavy (non-hydrogen) atoms. The molecule has 2 aromatic rings. The van der Waals surface area contributed by atoms with Gasteiger partial charge in [-0.1, -0.05) is 17.3 Å². The van der Waals surface area contributed by atoms with Gasteiger partial charge in [0.1, 0.15) is 24.9 Å². The van der Waals surface area contributed by atoms with Crippen LogP contribution in [0, 0.1) is 0 Å². The van der Waals surface area contributed by atoms with Gasteiger partial charge in [0.25, 0.3) is 0 Å². The van der Waals surface area contributed by atoms with Gasteiger partial charge in [-0.3, -0.25) is 9.59 Å². The summed E-state index contributed by atoms with van der Waals surface area (Å²) >= 11 is 0. The minimum absolute atomic E-state index is 0.0405. The number of nitrogens with zero attached hydrogens (tertiary/aromatic N) is 4. The second-order valence-electron chi connectivity index (χ2n) is 7.06. The highest BCUT2D eigenvalue weighted by Crippen LogP contribution is 2.38. The van der Waals surface area contributed by atoms with Crippen molar-refractivity contribution in [1.82, 2.24) is 19.9 Å². The third-order valence-corrected chi connectivity index (χ3v) is 5.05. The fraction of sp³-hybridized carbons (Fsp3) is 0.474. The number of aromatic nitrogens is 2. The molecule has 0 spiro atoms. The van der Waals surface area contributed by atoms with E-state index in [2.05, 4.69) is 10.1 Å². The lowest BCUT2D eigenvalue weighted by molar-refractivity contribution is -0.156. The predicted octanol–water partition coefficient (Wildman–Crippen LogP) is 1.72. The number of ether oxygens (including phenoxy) is 1. The molecule has 2 fully saturated rings. The van der Waals surface area contributed by atoms with Gasteiger partial charge < -0.3 is 19.1 Å². The van der Waals surface area contributed by atoms with Gasteiger partial charge >= 0.3 is 0 Å². The van der Waals surface area contributed by atoms with Crippen molar-refractivity contribution in [3.8, 4) is 5.75 Å². The summed E-state index contributed by atoms with van der Waals surface area (Å²) in [5, 5.41) is 3.97. The lowest BCUT2D eigenvalue weighted by Gasteiger charge is -2.38. The first-order valence-electron chi connectivity index (χ1n) is 9.09. The van der Waals surface area contributed by atoms with Gasteiger partial charge in [-0.05, 0) is 37.5 Å². The number of carbonyl (C=O) groups excluding carboxylic acids is 2. The number of carbonyl (C=O) groups is 2. The summed E-state index contributed by atoms with van der Waals surface area (Å²) in [6.45, 7) is 2.33. The maximum absolute atomic E-state index is 12.8. The summed E-state index contributed by atoms with van der Waals surface area (Å²) in [5.41, 5.74) is 0.948. The van der Waals surface area contributed by atoms with Crippen LogP contribution in [0.1, 0.15) is 43.0 Å². The molecule has 1 aromatic carbocycles. The Morgan fingerprint density at radius 1 is 1.19 bits per heavy atom. The molecule has 1 aromatic heterocycles. The maximum Gasteiger partial charge on any atom is 0.246 e. The van der Waals surface area contributed by atoms with Crippen LogP contribution >= 0.6 is 0 Å². The van der Waals surface area contributed by atoms with Gasteiger partial charge in [-0.15, -0.1) is 0 Å². The molecule has 1 saturated heterocycles. The van der Waals surface area contributed by atoms with Crippen LogP contribution in [0.15, 0.2) is 28.8 Å². The van der Waals surface area contributed by atoms with E-state index in [9.17, 15) is 9.59 Å². The number of piperazine rings is 1. The van der Waals surface area contributed by atoms with Gasteiger partial charge in [-0.2, -0.15) is 4.98 Å². The molecule has 142 valence electrons. The monoisotopic (exact) mass is 370 g/mol. The summed E-state index contributed by atoms with van der Waals surface area (Å²) < 4.78 is 10.4. The van der Waals surface area contributed by atoms with Crippen molar-refractivity contribution < 1.29 is 18.8 Å². The highest BCUT2D eigenvalue weighted by Gasteiger charge is 2.37. The average Bonchev–Trinajstić information content (AvgIpc) is 3.42. The van der Waals surface area contributed by atoms with Crippen molar-refractivity contribution in [3.05, 3.63) is 41.5 Å². The third kappa shape index (κ3) is 3.65. The van der Waals surface area contributed by atoms with E-state index in [1.165, 1.54) is 4.90 Å². The number of hydrogen-bond acceptors (Lipinski definition) is 6. The molecule has 2 aliphatic rings. The molecule has 1 aliphatic heterocycles. The van der Waals surface area contributed by atoms with Crippen LogP contribution in [0.4, 0.5) is 0 Å². The Labute approximate surface area is 157 Å². The topological polar surface area (TPSA) is 88.8 Å². The molecule has 1 aliphatic carbocycles. The molecule has 0 unspecified atom stereocenters. The Morgan fingerprint density at radius 3 is 2.59 bits per heavy atom. The van der Waals surface area contributed by atoms with E-state index in [0.29, 0.717) is 24.2 Å². The predicted molar refractivity (Wildman–Crippen MR) is 94.7 cm³/mol. The molecule has 0 bridgehead atoms. The van der Waals surface area contributed by atoms with Crippen molar-refractivity contribution in [3.63, 3.8) is 0 Å². The minimum atomic E-state index is -0.569. The molecule has 1 saturated carbocycles. The van der Waals surface area contributed by atoms with Crippen molar-refractivity contribution in [1.29, 1.82) is 0 Å². The van der Waals surface area contributed by atoms with Crippen LogP contribution in [0.3, 0.4) is 0 Å². The van der Waals surface area contributed by atoms with Crippen LogP contribution < -0.4 is 4.74 Å².